The number of aliphatic hydroxyl groups excluding tert-OH is 1. The molecule has 4 atom stereocenters. The zero-order valence-corrected chi connectivity index (χ0v) is 14.4. The Hall–Kier alpha value is -0.810. The van der Waals surface area contributed by atoms with Crippen LogP contribution in [0.5, 0.6) is 0 Å². The molecular weight excluding hydrogens is 336 g/mol. The van der Waals surface area contributed by atoms with Crippen LogP contribution in [0.4, 0.5) is 0 Å². The van der Waals surface area contributed by atoms with Gasteiger partial charge in [0.1, 0.15) is 0 Å². The zero-order chi connectivity index (χ0) is 17.3. The van der Waals surface area contributed by atoms with Crippen LogP contribution in [0.3, 0.4) is 0 Å². The maximum absolute atomic E-state index is 11.9. The SMILES string of the molecule is CCC(CC(C)C(=O)OC)C(=O)OCCC(O)S(=O)(=S)OO. The quantitative estimate of drug-likeness (QED) is 0.329. The van der Waals surface area contributed by atoms with Crippen molar-refractivity contribution in [3.8, 4) is 0 Å². The van der Waals surface area contributed by atoms with Gasteiger partial charge in [-0.15, -0.1) is 4.33 Å². The molecule has 0 saturated heterocycles. The first-order chi connectivity index (χ1) is 10.2. The van der Waals surface area contributed by atoms with Gasteiger partial charge in [-0.3, -0.25) is 9.59 Å². The van der Waals surface area contributed by atoms with Crippen molar-refractivity contribution in [1.29, 1.82) is 0 Å². The normalized spacial score (nSPS) is 17.9. The molecule has 0 aliphatic rings. The van der Waals surface area contributed by atoms with Crippen LogP contribution in [-0.4, -0.2) is 45.7 Å². The van der Waals surface area contributed by atoms with Crippen LogP contribution in [0.1, 0.15) is 33.1 Å². The first kappa shape index (κ1) is 21.2. The van der Waals surface area contributed by atoms with Crippen molar-refractivity contribution in [1.82, 2.24) is 0 Å². The van der Waals surface area contributed by atoms with E-state index in [1.165, 1.54) is 7.11 Å². The van der Waals surface area contributed by atoms with E-state index in [0.29, 0.717) is 6.42 Å². The molecule has 130 valence electrons. The fourth-order valence-electron chi connectivity index (χ4n) is 1.73. The number of aliphatic hydroxyl groups is 1. The minimum Gasteiger partial charge on any atom is -0.469 e. The van der Waals surface area contributed by atoms with Crippen molar-refractivity contribution < 1.29 is 38.0 Å². The number of methoxy groups -OCH3 is 1. The third-order valence-corrected chi connectivity index (χ3v) is 5.07. The summed E-state index contributed by atoms with van der Waals surface area (Å²) in [6, 6.07) is 0. The molecule has 0 aliphatic carbocycles. The van der Waals surface area contributed by atoms with E-state index < -0.39 is 38.0 Å². The summed E-state index contributed by atoms with van der Waals surface area (Å²) in [4.78, 5) is 23.2. The zero-order valence-electron chi connectivity index (χ0n) is 12.7. The van der Waals surface area contributed by atoms with E-state index in [-0.39, 0.29) is 19.4 Å². The highest BCUT2D eigenvalue weighted by molar-refractivity contribution is 8.30. The Bertz CT molecular complexity index is 462. The first-order valence-electron chi connectivity index (χ1n) is 6.68. The monoisotopic (exact) mass is 358 g/mol. The summed E-state index contributed by atoms with van der Waals surface area (Å²) in [6.45, 7) is 3.19. The molecule has 0 rings (SSSR count). The molecular formula is C12H22O8S2. The Kier molecular flexibility index (Phi) is 9.69. The van der Waals surface area contributed by atoms with Gasteiger partial charge in [0.25, 0.3) is 0 Å². The van der Waals surface area contributed by atoms with Gasteiger partial charge in [-0.2, -0.15) is 0 Å². The molecule has 0 amide bonds. The number of carbonyl (C=O) groups excluding carboxylic acids is 2. The topological polar surface area (TPSA) is 119 Å². The van der Waals surface area contributed by atoms with Gasteiger partial charge in [-0.05, 0) is 12.8 Å². The van der Waals surface area contributed by atoms with Gasteiger partial charge in [0.2, 0.25) is 0 Å². The fourth-order valence-corrected chi connectivity index (χ4v) is 2.50. The summed E-state index contributed by atoms with van der Waals surface area (Å²) in [5.74, 6) is -1.88. The Labute approximate surface area is 134 Å². The summed E-state index contributed by atoms with van der Waals surface area (Å²) in [5.41, 5.74) is -1.63. The van der Waals surface area contributed by atoms with E-state index in [9.17, 15) is 18.9 Å². The van der Waals surface area contributed by atoms with E-state index in [1.54, 1.807) is 13.8 Å². The highest BCUT2D eigenvalue weighted by atomic mass is 32.8. The van der Waals surface area contributed by atoms with E-state index in [4.69, 9.17) is 9.99 Å². The lowest BCUT2D eigenvalue weighted by molar-refractivity contribution is -0.151. The van der Waals surface area contributed by atoms with Crippen LogP contribution in [0.15, 0.2) is 0 Å². The van der Waals surface area contributed by atoms with Gasteiger partial charge < -0.3 is 14.6 Å². The van der Waals surface area contributed by atoms with Crippen LogP contribution in [0.2, 0.25) is 0 Å². The second kappa shape index (κ2) is 10.1. The summed E-state index contributed by atoms with van der Waals surface area (Å²) in [7, 11) is -2.39. The number of ether oxygens (including phenoxy) is 2. The van der Waals surface area contributed by atoms with Crippen LogP contribution in [0.25, 0.3) is 0 Å². The number of rotatable bonds is 10. The smallest absolute Gasteiger partial charge is 0.308 e. The van der Waals surface area contributed by atoms with Crippen molar-refractivity contribution in [2.24, 2.45) is 11.8 Å². The van der Waals surface area contributed by atoms with Crippen LogP contribution < -0.4 is 0 Å². The molecule has 0 radical (unpaired) electrons. The summed E-state index contributed by atoms with van der Waals surface area (Å²) in [6.07, 6.45) is 0.514. The predicted molar refractivity (Wildman–Crippen MR) is 80.4 cm³/mol. The predicted octanol–water partition coefficient (Wildman–Crippen LogP) is 0.614. The maximum atomic E-state index is 11.9. The summed E-state index contributed by atoms with van der Waals surface area (Å²) in [5, 5.41) is 17.7. The van der Waals surface area contributed by atoms with Crippen molar-refractivity contribution in [3.63, 3.8) is 0 Å². The van der Waals surface area contributed by atoms with Gasteiger partial charge in [0, 0.05) is 17.6 Å². The van der Waals surface area contributed by atoms with Crippen molar-refractivity contribution in [2.45, 2.75) is 38.5 Å². The van der Waals surface area contributed by atoms with Gasteiger partial charge in [0.05, 0.1) is 25.6 Å². The first-order valence-corrected chi connectivity index (χ1v) is 9.16. The molecule has 0 saturated carbocycles. The lowest BCUT2D eigenvalue weighted by Gasteiger charge is -2.18. The molecule has 8 nitrogen and oxygen atoms in total. The lowest BCUT2D eigenvalue weighted by atomic mass is 9.94. The van der Waals surface area contributed by atoms with Crippen LogP contribution in [0, 0.1) is 11.8 Å². The van der Waals surface area contributed by atoms with E-state index in [1.807, 2.05) is 0 Å². The maximum Gasteiger partial charge on any atom is 0.308 e. The van der Waals surface area contributed by atoms with Crippen molar-refractivity contribution in [3.05, 3.63) is 0 Å². The number of hydrogen-bond acceptors (Lipinski definition) is 9. The molecule has 2 N–H and O–H groups in total. The van der Waals surface area contributed by atoms with Crippen molar-refractivity contribution in [2.75, 3.05) is 13.7 Å². The second-order valence-electron chi connectivity index (χ2n) is 4.74. The summed E-state index contributed by atoms with van der Waals surface area (Å²) >= 11 is 4.33. The average Bonchev–Trinajstić information content (AvgIpc) is 2.50. The van der Waals surface area contributed by atoms with E-state index in [0.717, 1.165) is 0 Å². The molecule has 0 heterocycles. The molecule has 0 fully saturated rings. The highest BCUT2D eigenvalue weighted by Crippen LogP contribution is 2.18. The van der Waals surface area contributed by atoms with Crippen molar-refractivity contribution >= 4 is 31.9 Å². The second-order valence-corrected chi connectivity index (χ2v) is 7.82. The van der Waals surface area contributed by atoms with Gasteiger partial charge in [-0.1, -0.05) is 13.8 Å². The Balaban J connectivity index is 4.36. The lowest BCUT2D eigenvalue weighted by Crippen LogP contribution is -2.26. The fraction of sp³-hybridized carbons (Fsp3) is 0.833. The van der Waals surface area contributed by atoms with Crippen LogP contribution >= 0.6 is 0 Å². The largest absolute Gasteiger partial charge is 0.469 e. The molecule has 0 aromatic heterocycles. The minimum absolute atomic E-state index is 0.236. The molecule has 0 bridgehead atoms. The molecule has 0 aromatic carbocycles. The van der Waals surface area contributed by atoms with Crippen LogP contribution in [-0.2, 0) is 43.4 Å². The Morgan fingerprint density at radius 2 is 1.91 bits per heavy atom. The van der Waals surface area contributed by atoms with E-state index in [2.05, 4.69) is 20.3 Å². The molecule has 22 heavy (non-hydrogen) atoms. The standard InChI is InChI=1S/C12H22O8S2/c1-4-9(7-8(2)11(14)18-3)12(15)19-6-5-10(13)22(17,21)20-16/h8-10,13,16H,4-7H2,1-3H3. The minimum atomic E-state index is -3.66. The average molecular weight is 358 g/mol. The molecule has 0 aromatic rings. The number of carbonyl (C=O) groups is 2. The molecule has 0 aliphatic heterocycles. The Morgan fingerprint density at radius 3 is 2.36 bits per heavy atom. The van der Waals surface area contributed by atoms with Gasteiger partial charge in [-0.25, -0.2) is 9.47 Å². The molecule has 4 unspecified atom stereocenters. The molecule has 10 heteroatoms. The van der Waals surface area contributed by atoms with E-state index >= 15 is 0 Å². The van der Waals surface area contributed by atoms with Gasteiger partial charge in [0.15, 0.2) is 14.2 Å². The van der Waals surface area contributed by atoms with Gasteiger partial charge >= 0.3 is 11.9 Å². The highest BCUT2D eigenvalue weighted by Gasteiger charge is 2.26. The Morgan fingerprint density at radius 1 is 1.32 bits per heavy atom. The summed E-state index contributed by atoms with van der Waals surface area (Å²) < 4.78 is 24.3. The third-order valence-electron chi connectivity index (χ3n) is 3.11. The molecule has 0 spiro atoms. The number of esters is 2. The third kappa shape index (κ3) is 6.97. The number of hydrogen-bond donors (Lipinski definition) is 2.